The molecule has 0 bridgehead atoms. The van der Waals surface area contributed by atoms with Crippen molar-refractivity contribution in [2.75, 3.05) is 26.7 Å². The minimum atomic E-state index is -3.52. The predicted octanol–water partition coefficient (Wildman–Crippen LogP) is 2.90. The molecule has 0 aliphatic rings. The van der Waals surface area contributed by atoms with Gasteiger partial charge in [-0.2, -0.15) is 15.6 Å². The molecule has 1 aromatic carbocycles. The Kier molecular flexibility index (Phi) is 7.33. The molecular formula is C18H24N2O4S2. The van der Waals surface area contributed by atoms with Gasteiger partial charge in [0.25, 0.3) is 5.91 Å². The molecule has 0 saturated heterocycles. The molecule has 0 fully saturated rings. The summed E-state index contributed by atoms with van der Waals surface area (Å²) in [5.41, 5.74) is 1.42. The Balaban J connectivity index is 2.04. The van der Waals surface area contributed by atoms with Crippen molar-refractivity contribution in [2.24, 2.45) is 0 Å². The largest absolute Gasteiger partial charge is 0.375 e. The van der Waals surface area contributed by atoms with Crippen LogP contribution in [0.2, 0.25) is 0 Å². The van der Waals surface area contributed by atoms with Crippen LogP contribution in [-0.4, -0.2) is 45.4 Å². The topological polar surface area (TPSA) is 75.7 Å². The first-order valence-corrected chi connectivity index (χ1v) is 10.8. The van der Waals surface area contributed by atoms with Crippen LogP contribution in [0.25, 0.3) is 0 Å². The van der Waals surface area contributed by atoms with Crippen molar-refractivity contribution in [3.63, 3.8) is 0 Å². The van der Waals surface area contributed by atoms with E-state index < -0.39 is 10.0 Å². The lowest BCUT2D eigenvalue weighted by molar-refractivity contribution is 0.0829. The van der Waals surface area contributed by atoms with E-state index in [4.69, 9.17) is 4.74 Å². The third-order valence-corrected chi connectivity index (χ3v) is 6.87. The van der Waals surface area contributed by atoms with Crippen LogP contribution in [-0.2, 0) is 14.8 Å². The normalized spacial score (nSPS) is 12.9. The summed E-state index contributed by atoms with van der Waals surface area (Å²) < 4.78 is 31.7. The zero-order valence-electron chi connectivity index (χ0n) is 15.1. The van der Waals surface area contributed by atoms with Gasteiger partial charge in [-0.3, -0.25) is 4.79 Å². The fraction of sp³-hybridized carbons (Fsp3) is 0.389. The van der Waals surface area contributed by atoms with Gasteiger partial charge in [0.15, 0.2) is 0 Å². The maximum Gasteiger partial charge on any atom is 0.251 e. The van der Waals surface area contributed by atoms with E-state index in [0.29, 0.717) is 25.2 Å². The summed E-state index contributed by atoms with van der Waals surface area (Å²) in [5.74, 6) is -0.269. The maximum atomic E-state index is 12.5. The highest BCUT2D eigenvalue weighted by Crippen LogP contribution is 2.19. The number of thiophene rings is 1. The van der Waals surface area contributed by atoms with Gasteiger partial charge in [0.1, 0.15) is 6.10 Å². The van der Waals surface area contributed by atoms with Crippen LogP contribution in [0.4, 0.5) is 0 Å². The van der Waals surface area contributed by atoms with Gasteiger partial charge in [-0.05, 0) is 46.7 Å². The number of carbonyl (C=O) groups is 1. The molecule has 1 aromatic heterocycles. The minimum absolute atomic E-state index is 0.186. The summed E-state index contributed by atoms with van der Waals surface area (Å²) in [6.07, 6.45) is -0.215. The summed E-state index contributed by atoms with van der Waals surface area (Å²) >= 11 is 1.57. The third kappa shape index (κ3) is 4.70. The molecule has 1 atom stereocenters. The van der Waals surface area contributed by atoms with Crippen molar-refractivity contribution >= 4 is 27.3 Å². The van der Waals surface area contributed by atoms with E-state index in [9.17, 15) is 13.2 Å². The molecule has 0 spiro atoms. The number of sulfonamides is 1. The number of hydrogen-bond donors (Lipinski definition) is 1. The number of hydrogen-bond acceptors (Lipinski definition) is 5. The monoisotopic (exact) mass is 396 g/mol. The molecule has 2 aromatic rings. The van der Waals surface area contributed by atoms with E-state index in [1.165, 1.54) is 28.6 Å². The van der Waals surface area contributed by atoms with Crippen molar-refractivity contribution in [1.29, 1.82) is 0 Å². The van der Waals surface area contributed by atoms with Crippen molar-refractivity contribution in [2.45, 2.75) is 24.8 Å². The van der Waals surface area contributed by atoms with Crippen LogP contribution in [0.15, 0.2) is 46.0 Å². The number of nitrogens with one attached hydrogen (secondary N) is 1. The number of benzene rings is 1. The van der Waals surface area contributed by atoms with Crippen LogP contribution < -0.4 is 5.32 Å². The Morgan fingerprint density at radius 1 is 1.19 bits per heavy atom. The van der Waals surface area contributed by atoms with Crippen molar-refractivity contribution in [3.8, 4) is 0 Å². The number of amides is 1. The van der Waals surface area contributed by atoms with E-state index in [0.717, 1.165) is 5.56 Å². The summed E-state index contributed by atoms with van der Waals surface area (Å²) in [7, 11) is -1.92. The molecule has 0 radical (unpaired) electrons. The lowest BCUT2D eigenvalue weighted by atomic mass is 10.1. The van der Waals surface area contributed by atoms with Gasteiger partial charge in [0, 0.05) is 32.3 Å². The number of methoxy groups -OCH3 is 1. The highest BCUT2D eigenvalue weighted by Gasteiger charge is 2.21. The molecule has 0 aliphatic heterocycles. The van der Waals surface area contributed by atoms with E-state index >= 15 is 0 Å². The first kappa shape index (κ1) is 20.6. The van der Waals surface area contributed by atoms with E-state index in [1.54, 1.807) is 32.3 Å². The zero-order valence-corrected chi connectivity index (χ0v) is 16.8. The predicted molar refractivity (Wildman–Crippen MR) is 103 cm³/mol. The van der Waals surface area contributed by atoms with Crippen LogP contribution in [0.1, 0.15) is 35.9 Å². The first-order valence-electron chi connectivity index (χ1n) is 8.37. The SMILES string of the molecule is CCN(CC)S(=O)(=O)c1ccc(C(=O)NCC(OC)c2ccsc2)cc1. The highest BCUT2D eigenvalue weighted by molar-refractivity contribution is 7.89. The molecule has 0 saturated carbocycles. The van der Waals surface area contributed by atoms with Crippen LogP contribution in [0, 0.1) is 0 Å². The summed E-state index contributed by atoms with van der Waals surface area (Å²) in [6, 6.07) is 7.94. The van der Waals surface area contributed by atoms with Gasteiger partial charge in [-0.25, -0.2) is 8.42 Å². The van der Waals surface area contributed by atoms with Crippen molar-refractivity contribution in [3.05, 3.63) is 52.2 Å². The Hall–Kier alpha value is -1.74. The fourth-order valence-corrected chi connectivity index (χ4v) is 4.73. The Labute approximate surface area is 158 Å². The average molecular weight is 397 g/mol. The highest BCUT2D eigenvalue weighted by atomic mass is 32.2. The Morgan fingerprint density at radius 3 is 2.35 bits per heavy atom. The fourth-order valence-electron chi connectivity index (χ4n) is 2.57. The van der Waals surface area contributed by atoms with Gasteiger partial charge in [-0.1, -0.05) is 13.8 Å². The van der Waals surface area contributed by atoms with Gasteiger partial charge in [0.05, 0.1) is 4.90 Å². The number of ether oxygens (including phenoxy) is 1. The Morgan fingerprint density at radius 2 is 1.85 bits per heavy atom. The number of carbonyl (C=O) groups excluding carboxylic acids is 1. The molecule has 142 valence electrons. The van der Waals surface area contributed by atoms with E-state index in [1.807, 2.05) is 16.8 Å². The van der Waals surface area contributed by atoms with Crippen LogP contribution >= 0.6 is 11.3 Å². The molecule has 1 unspecified atom stereocenters. The average Bonchev–Trinajstić information content (AvgIpc) is 3.17. The summed E-state index contributed by atoms with van der Waals surface area (Å²) in [5, 5.41) is 6.76. The Bertz CT molecular complexity index is 798. The lowest BCUT2D eigenvalue weighted by Crippen LogP contribution is -2.31. The molecular weight excluding hydrogens is 372 g/mol. The standard InChI is InChI=1S/C18H24N2O4S2/c1-4-20(5-2)26(22,23)16-8-6-14(7-9-16)18(21)19-12-17(24-3)15-10-11-25-13-15/h6-11,13,17H,4-5,12H2,1-3H3,(H,19,21). The van der Waals surface area contributed by atoms with Crippen LogP contribution in [0.3, 0.4) is 0 Å². The van der Waals surface area contributed by atoms with Gasteiger partial charge in [-0.15, -0.1) is 0 Å². The van der Waals surface area contributed by atoms with Gasteiger partial charge < -0.3 is 10.1 Å². The molecule has 6 nitrogen and oxygen atoms in total. The van der Waals surface area contributed by atoms with Gasteiger partial charge >= 0.3 is 0 Å². The quantitative estimate of drug-likeness (QED) is 0.707. The minimum Gasteiger partial charge on any atom is -0.375 e. The second-order valence-corrected chi connectivity index (χ2v) is 8.32. The maximum absolute atomic E-state index is 12.5. The molecule has 2 rings (SSSR count). The van der Waals surface area contributed by atoms with E-state index in [-0.39, 0.29) is 16.9 Å². The van der Waals surface area contributed by atoms with Gasteiger partial charge in [0.2, 0.25) is 10.0 Å². The van der Waals surface area contributed by atoms with E-state index in [2.05, 4.69) is 5.32 Å². The van der Waals surface area contributed by atoms with Crippen molar-refractivity contribution < 1.29 is 17.9 Å². The molecule has 1 heterocycles. The summed E-state index contributed by atoms with van der Waals surface area (Å²) in [4.78, 5) is 12.5. The zero-order chi connectivity index (χ0) is 19.2. The van der Waals surface area contributed by atoms with Crippen molar-refractivity contribution in [1.82, 2.24) is 9.62 Å². The third-order valence-electron chi connectivity index (χ3n) is 4.11. The summed E-state index contributed by atoms with van der Waals surface area (Å²) in [6.45, 7) is 4.74. The second-order valence-electron chi connectivity index (χ2n) is 5.60. The first-order chi connectivity index (χ1) is 12.4. The molecule has 1 amide bonds. The lowest BCUT2D eigenvalue weighted by Gasteiger charge is -2.18. The molecule has 1 N–H and O–H groups in total. The molecule has 0 aliphatic carbocycles. The number of nitrogens with zero attached hydrogens (tertiary/aromatic N) is 1. The smallest absolute Gasteiger partial charge is 0.251 e. The molecule has 26 heavy (non-hydrogen) atoms. The number of rotatable bonds is 9. The molecule has 8 heteroatoms. The second kappa shape index (κ2) is 9.27. The van der Waals surface area contributed by atoms with Crippen LogP contribution in [0.5, 0.6) is 0 Å².